The Balaban J connectivity index is 1.90. The van der Waals surface area contributed by atoms with Crippen molar-refractivity contribution in [1.82, 2.24) is 9.88 Å². The zero-order chi connectivity index (χ0) is 13.2. The molecular weight excluding hydrogens is 256 g/mol. The molecule has 1 fully saturated rings. The first kappa shape index (κ1) is 12.9. The molecule has 1 saturated heterocycles. The van der Waals surface area contributed by atoms with Gasteiger partial charge in [0, 0.05) is 35.7 Å². The zero-order valence-corrected chi connectivity index (χ0v) is 11.8. The maximum atomic E-state index is 10.6. The highest BCUT2D eigenvalue weighted by molar-refractivity contribution is 7.99. The fourth-order valence-corrected chi connectivity index (χ4v) is 3.80. The minimum atomic E-state index is -0.428. The van der Waals surface area contributed by atoms with Gasteiger partial charge in [-0.25, -0.2) is 0 Å². The Labute approximate surface area is 117 Å². The van der Waals surface area contributed by atoms with E-state index in [-0.39, 0.29) is 6.04 Å². The van der Waals surface area contributed by atoms with E-state index in [4.69, 9.17) is 0 Å². The molecule has 1 aromatic heterocycles. The summed E-state index contributed by atoms with van der Waals surface area (Å²) < 4.78 is 0. The van der Waals surface area contributed by atoms with Crippen LogP contribution in [0.15, 0.2) is 36.5 Å². The quantitative estimate of drug-likeness (QED) is 0.912. The molecule has 1 aliphatic heterocycles. The summed E-state index contributed by atoms with van der Waals surface area (Å²) >= 11 is 1.92. The summed E-state index contributed by atoms with van der Waals surface area (Å²) in [6.07, 6.45) is 1.37. The minimum Gasteiger partial charge on any atom is -0.387 e. The number of pyridine rings is 1. The highest BCUT2D eigenvalue weighted by atomic mass is 32.2. The summed E-state index contributed by atoms with van der Waals surface area (Å²) in [6.45, 7) is 1.04. The fourth-order valence-electron chi connectivity index (χ4n) is 2.54. The molecular formula is C15H18N2OS. The van der Waals surface area contributed by atoms with Crippen molar-refractivity contribution in [2.24, 2.45) is 0 Å². The smallest absolute Gasteiger partial charge is 0.0953 e. The maximum Gasteiger partial charge on any atom is 0.0953 e. The van der Waals surface area contributed by atoms with Crippen LogP contribution in [0.1, 0.15) is 11.7 Å². The van der Waals surface area contributed by atoms with Crippen LogP contribution in [0, 0.1) is 0 Å². The molecule has 0 saturated carbocycles. The van der Waals surface area contributed by atoms with Gasteiger partial charge in [0.1, 0.15) is 0 Å². The molecule has 0 radical (unpaired) electrons. The second-order valence-corrected chi connectivity index (χ2v) is 6.17. The highest BCUT2D eigenvalue weighted by Gasteiger charge is 2.27. The lowest BCUT2D eigenvalue weighted by atomic mass is 10.0. The fraction of sp³-hybridized carbons (Fsp3) is 0.400. The molecule has 0 amide bonds. The van der Waals surface area contributed by atoms with E-state index < -0.39 is 6.10 Å². The Morgan fingerprint density at radius 3 is 3.16 bits per heavy atom. The monoisotopic (exact) mass is 274 g/mol. The molecule has 3 rings (SSSR count). The van der Waals surface area contributed by atoms with Crippen LogP contribution in [0.5, 0.6) is 0 Å². The molecule has 1 aromatic carbocycles. The van der Waals surface area contributed by atoms with Crippen molar-refractivity contribution in [3.63, 3.8) is 0 Å². The van der Waals surface area contributed by atoms with Crippen molar-refractivity contribution < 1.29 is 5.11 Å². The Morgan fingerprint density at radius 2 is 2.32 bits per heavy atom. The maximum absolute atomic E-state index is 10.6. The minimum absolute atomic E-state index is 0.202. The Hall–Kier alpha value is -1.10. The van der Waals surface area contributed by atoms with E-state index in [1.165, 1.54) is 0 Å². The van der Waals surface area contributed by atoms with E-state index in [0.29, 0.717) is 0 Å². The van der Waals surface area contributed by atoms with Gasteiger partial charge in [-0.2, -0.15) is 11.8 Å². The third-order valence-corrected chi connectivity index (χ3v) is 4.82. The van der Waals surface area contributed by atoms with Crippen molar-refractivity contribution in [2.75, 3.05) is 25.1 Å². The van der Waals surface area contributed by atoms with Crippen LogP contribution >= 0.6 is 11.8 Å². The van der Waals surface area contributed by atoms with E-state index in [1.54, 1.807) is 6.20 Å². The second-order valence-electron chi connectivity index (χ2n) is 5.02. The molecule has 2 aromatic rings. The number of benzene rings is 1. The second kappa shape index (κ2) is 5.49. The van der Waals surface area contributed by atoms with Crippen LogP contribution in [0.3, 0.4) is 0 Å². The number of likely N-dealkylation sites (N-methyl/N-ethyl adjacent to an activating group) is 1. The van der Waals surface area contributed by atoms with Gasteiger partial charge in [-0.1, -0.05) is 12.1 Å². The molecule has 3 nitrogen and oxygen atoms in total. The Morgan fingerprint density at radius 1 is 1.42 bits per heavy atom. The molecule has 19 heavy (non-hydrogen) atoms. The van der Waals surface area contributed by atoms with Gasteiger partial charge in [-0.3, -0.25) is 9.88 Å². The van der Waals surface area contributed by atoms with Crippen molar-refractivity contribution >= 4 is 22.7 Å². The average Bonchev–Trinajstić information content (AvgIpc) is 2.46. The predicted molar refractivity (Wildman–Crippen MR) is 80.4 cm³/mol. The number of aromatic nitrogens is 1. The number of hydrogen-bond acceptors (Lipinski definition) is 4. The lowest BCUT2D eigenvalue weighted by Gasteiger charge is -2.35. The Bertz CT molecular complexity index is 575. The highest BCUT2D eigenvalue weighted by Crippen LogP contribution is 2.28. The van der Waals surface area contributed by atoms with Crippen molar-refractivity contribution in [1.29, 1.82) is 0 Å². The first-order chi connectivity index (χ1) is 9.25. The summed E-state index contributed by atoms with van der Waals surface area (Å²) in [5.74, 6) is 2.14. The molecule has 1 N–H and O–H groups in total. The molecule has 4 heteroatoms. The summed E-state index contributed by atoms with van der Waals surface area (Å²) in [5.41, 5.74) is 1.96. The first-order valence-electron chi connectivity index (χ1n) is 6.56. The third kappa shape index (κ3) is 2.61. The molecule has 0 bridgehead atoms. The molecule has 100 valence electrons. The summed E-state index contributed by atoms with van der Waals surface area (Å²) in [4.78, 5) is 6.57. The lowest BCUT2D eigenvalue weighted by molar-refractivity contribution is 0.0759. The molecule has 0 spiro atoms. The number of aliphatic hydroxyl groups excluding tert-OH is 1. The number of rotatable bonds is 2. The number of fused-ring (bicyclic) bond motifs is 1. The van der Waals surface area contributed by atoms with Gasteiger partial charge < -0.3 is 5.11 Å². The van der Waals surface area contributed by atoms with Crippen LogP contribution in [0.25, 0.3) is 10.9 Å². The summed E-state index contributed by atoms with van der Waals surface area (Å²) in [7, 11) is 2.09. The number of nitrogens with zero attached hydrogens (tertiary/aromatic N) is 2. The zero-order valence-electron chi connectivity index (χ0n) is 11.0. The van der Waals surface area contributed by atoms with Crippen LogP contribution < -0.4 is 0 Å². The Kier molecular flexibility index (Phi) is 3.73. The van der Waals surface area contributed by atoms with E-state index in [0.717, 1.165) is 34.5 Å². The van der Waals surface area contributed by atoms with Gasteiger partial charge in [0.25, 0.3) is 0 Å². The molecule has 2 atom stereocenters. The van der Waals surface area contributed by atoms with Crippen LogP contribution in [0.4, 0.5) is 0 Å². The molecule has 1 aliphatic rings. The van der Waals surface area contributed by atoms with Gasteiger partial charge in [0.15, 0.2) is 0 Å². The topological polar surface area (TPSA) is 36.4 Å². The predicted octanol–water partition coefficient (Wildman–Crippen LogP) is 2.32. The van der Waals surface area contributed by atoms with Gasteiger partial charge in [0.05, 0.1) is 11.6 Å². The lowest BCUT2D eigenvalue weighted by Crippen LogP contribution is -2.43. The third-order valence-electron chi connectivity index (χ3n) is 3.78. The largest absolute Gasteiger partial charge is 0.387 e. The van der Waals surface area contributed by atoms with Gasteiger partial charge in [-0.15, -0.1) is 0 Å². The van der Waals surface area contributed by atoms with Crippen LogP contribution in [-0.4, -0.2) is 46.1 Å². The standard InChI is InChI=1S/C15H18N2OS/c1-17-7-8-19-10-14(17)15(18)12-4-5-13-11(9-12)3-2-6-16-13/h2-6,9,14-15,18H,7-8,10H2,1H3. The van der Waals surface area contributed by atoms with Gasteiger partial charge in [-0.05, 0) is 30.8 Å². The van der Waals surface area contributed by atoms with E-state index in [2.05, 4.69) is 23.0 Å². The van der Waals surface area contributed by atoms with Gasteiger partial charge in [0.2, 0.25) is 0 Å². The molecule has 2 unspecified atom stereocenters. The molecule has 0 aliphatic carbocycles. The van der Waals surface area contributed by atoms with Crippen molar-refractivity contribution in [3.05, 3.63) is 42.1 Å². The van der Waals surface area contributed by atoms with E-state index in [9.17, 15) is 5.11 Å². The van der Waals surface area contributed by atoms with Crippen LogP contribution in [-0.2, 0) is 0 Å². The SMILES string of the molecule is CN1CCSCC1C(O)c1ccc2ncccc2c1. The summed E-state index contributed by atoms with van der Waals surface area (Å²) in [6, 6.07) is 10.2. The van der Waals surface area contributed by atoms with E-state index in [1.807, 2.05) is 36.0 Å². The average molecular weight is 274 g/mol. The van der Waals surface area contributed by atoms with E-state index >= 15 is 0 Å². The normalized spacial score (nSPS) is 22.5. The number of thioether (sulfide) groups is 1. The summed E-state index contributed by atoms with van der Waals surface area (Å²) in [5, 5.41) is 11.7. The first-order valence-corrected chi connectivity index (χ1v) is 7.72. The van der Waals surface area contributed by atoms with Crippen LogP contribution in [0.2, 0.25) is 0 Å². The number of hydrogen-bond donors (Lipinski definition) is 1. The molecule has 2 heterocycles. The van der Waals surface area contributed by atoms with Crippen molar-refractivity contribution in [3.8, 4) is 0 Å². The van der Waals surface area contributed by atoms with Crippen molar-refractivity contribution in [2.45, 2.75) is 12.1 Å². The van der Waals surface area contributed by atoms with Gasteiger partial charge >= 0.3 is 0 Å². The number of aliphatic hydroxyl groups is 1.